The van der Waals surface area contributed by atoms with Crippen LogP contribution in [0.25, 0.3) is 0 Å². The van der Waals surface area contributed by atoms with E-state index >= 15 is 0 Å². The van der Waals surface area contributed by atoms with E-state index < -0.39 is 0 Å². The largest absolute Gasteiger partial charge is 0.368 e. The van der Waals surface area contributed by atoms with Crippen molar-refractivity contribution in [2.75, 3.05) is 37.6 Å². The molecule has 1 aromatic rings. The number of benzene rings is 1. The first-order valence-corrected chi connectivity index (χ1v) is 9.36. The van der Waals surface area contributed by atoms with Crippen LogP contribution in [0.1, 0.15) is 64.0 Å². The third kappa shape index (κ3) is 4.22. The lowest BCUT2D eigenvalue weighted by Gasteiger charge is -2.39. The zero-order chi connectivity index (χ0) is 17.7. The molecular weight excluding hydrogens is 298 g/mol. The van der Waals surface area contributed by atoms with E-state index in [9.17, 15) is 4.79 Å². The maximum absolute atomic E-state index is 12.1. The molecule has 2 rings (SSSR count). The maximum Gasteiger partial charge on any atom is 0.317 e. The fraction of sp³-hybridized carbons (Fsp3) is 0.650. The van der Waals surface area contributed by atoms with Crippen molar-refractivity contribution >= 4 is 11.7 Å². The second kappa shape index (κ2) is 8.41. The summed E-state index contributed by atoms with van der Waals surface area (Å²) in [4.78, 5) is 16.6. The minimum atomic E-state index is 0.0812. The summed E-state index contributed by atoms with van der Waals surface area (Å²) in [6.45, 7) is 15.3. The molecule has 4 nitrogen and oxygen atoms in total. The molecule has 0 aromatic heterocycles. The normalized spacial score (nSPS) is 15.3. The molecule has 1 fully saturated rings. The number of carbonyl (C=O) groups is 1. The molecule has 134 valence electrons. The van der Waals surface area contributed by atoms with Gasteiger partial charge >= 0.3 is 6.03 Å². The monoisotopic (exact) mass is 331 g/mol. The number of piperazine rings is 1. The van der Waals surface area contributed by atoms with Crippen molar-refractivity contribution in [1.82, 2.24) is 10.2 Å². The molecule has 0 aliphatic carbocycles. The van der Waals surface area contributed by atoms with Gasteiger partial charge in [0.2, 0.25) is 0 Å². The van der Waals surface area contributed by atoms with Gasteiger partial charge in [0, 0.05) is 38.4 Å². The smallest absolute Gasteiger partial charge is 0.317 e. The van der Waals surface area contributed by atoms with E-state index in [4.69, 9.17) is 0 Å². The van der Waals surface area contributed by atoms with Gasteiger partial charge in [-0.05, 0) is 29.4 Å². The predicted octanol–water partition coefficient (Wildman–Crippen LogP) is 4.18. The molecule has 1 aliphatic rings. The average molecular weight is 332 g/mol. The lowest BCUT2D eigenvalue weighted by molar-refractivity contribution is 0.194. The highest BCUT2D eigenvalue weighted by molar-refractivity contribution is 5.74. The highest BCUT2D eigenvalue weighted by Crippen LogP contribution is 2.35. The number of amides is 2. The zero-order valence-electron chi connectivity index (χ0n) is 15.9. The van der Waals surface area contributed by atoms with Gasteiger partial charge in [-0.25, -0.2) is 4.79 Å². The Labute approximate surface area is 147 Å². The first-order valence-electron chi connectivity index (χ1n) is 9.36. The molecule has 0 spiro atoms. The van der Waals surface area contributed by atoms with E-state index in [2.05, 4.69) is 63.0 Å². The van der Waals surface area contributed by atoms with Gasteiger partial charge in [0.1, 0.15) is 0 Å². The summed E-state index contributed by atoms with van der Waals surface area (Å²) < 4.78 is 0. The van der Waals surface area contributed by atoms with Crippen LogP contribution < -0.4 is 10.2 Å². The molecule has 1 heterocycles. The highest BCUT2D eigenvalue weighted by Gasteiger charge is 2.25. The van der Waals surface area contributed by atoms with Gasteiger partial charge in [0.05, 0.1) is 0 Å². The standard InChI is InChI=1S/C20H33N3O/c1-6-10-21-20(24)23-13-11-22(12-14-23)19-17(15(2)3)8-7-9-18(19)16(4)5/h7-9,15-16H,6,10-14H2,1-5H3,(H,21,24). The highest BCUT2D eigenvalue weighted by atomic mass is 16.2. The molecule has 1 N–H and O–H groups in total. The van der Waals surface area contributed by atoms with Crippen molar-refractivity contribution in [3.8, 4) is 0 Å². The van der Waals surface area contributed by atoms with Gasteiger partial charge in [-0.2, -0.15) is 0 Å². The summed E-state index contributed by atoms with van der Waals surface area (Å²) in [5, 5.41) is 2.98. The lowest BCUT2D eigenvalue weighted by atomic mass is 9.91. The number of hydrogen-bond acceptors (Lipinski definition) is 2. The molecule has 1 saturated heterocycles. The molecule has 0 unspecified atom stereocenters. The minimum Gasteiger partial charge on any atom is -0.368 e. The van der Waals surface area contributed by atoms with Crippen LogP contribution in [-0.4, -0.2) is 43.7 Å². The fourth-order valence-electron chi connectivity index (χ4n) is 3.35. The number of anilines is 1. The number of nitrogens with one attached hydrogen (secondary N) is 1. The van der Waals surface area contributed by atoms with Crippen molar-refractivity contribution in [3.63, 3.8) is 0 Å². The van der Waals surface area contributed by atoms with Gasteiger partial charge in [-0.3, -0.25) is 0 Å². The van der Waals surface area contributed by atoms with Crippen LogP contribution in [0.2, 0.25) is 0 Å². The van der Waals surface area contributed by atoms with Crippen molar-refractivity contribution in [3.05, 3.63) is 29.3 Å². The van der Waals surface area contributed by atoms with Gasteiger partial charge < -0.3 is 15.1 Å². The Morgan fingerprint density at radius 2 is 1.58 bits per heavy atom. The van der Waals surface area contributed by atoms with Crippen LogP contribution in [0.15, 0.2) is 18.2 Å². The fourth-order valence-corrected chi connectivity index (χ4v) is 3.35. The van der Waals surface area contributed by atoms with Crippen molar-refractivity contribution in [1.29, 1.82) is 0 Å². The molecule has 0 atom stereocenters. The first kappa shape index (κ1) is 18.6. The minimum absolute atomic E-state index is 0.0812. The number of urea groups is 1. The van der Waals surface area contributed by atoms with Crippen molar-refractivity contribution < 1.29 is 4.79 Å². The summed E-state index contributed by atoms with van der Waals surface area (Å²) in [6, 6.07) is 6.78. The number of para-hydroxylation sites is 1. The molecule has 2 amide bonds. The lowest BCUT2D eigenvalue weighted by Crippen LogP contribution is -2.52. The topological polar surface area (TPSA) is 35.6 Å². The van der Waals surface area contributed by atoms with E-state index in [0.29, 0.717) is 11.8 Å². The quantitative estimate of drug-likeness (QED) is 0.879. The second-order valence-electron chi connectivity index (χ2n) is 7.30. The number of hydrogen-bond donors (Lipinski definition) is 1. The van der Waals surface area contributed by atoms with Crippen LogP contribution in [-0.2, 0) is 0 Å². The Hall–Kier alpha value is -1.71. The third-order valence-corrected chi connectivity index (χ3v) is 4.75. The van der Waals surface area contributed by atoms with E-state index in [1.54, 1.807) is 0 Å². The Morgan fingerprint density at radius 1 is 1.04 bits per heavy atom. The number of nitrogens with zero attached hydrogens (tertiary/aromatic N) is 2. The van der Waals surface area contributed by atoms with Crippen LogP contribution in [0, 0.1) is 0 Å². The Bertz CT molecular complexity index is 520. The predicted molar refractivity (Wildman–Crippen MR) is 102 cm³/mol. The average Bonchev–Trinajstić information content (AvgIpc) is 2.59. The molecule has 0 bridgehead atoms. The number of carbonyl (C=O) groups excluding carboxylic acids is 1. The Kier molecular flexibility index (Phi) is 6.52. The van der Waals surface area contributed by atoms with Crippen molar-refractivity contribution in [2.45, 2.75) is 52.9 Å². The van der Waals surface area contributed by atoms with E-state index in [-0.39, 0.29) is 6.03 Å². The Morgan fingerprint density at radius 3 is 2.04 bits per heavy atom. The van der Waals surface area contributed by atoms with Crippen molar-refractivity contribution in [2.24, 2.45) is 0 Å². The van der Waals surface area contributed by atoms with E-state index in [0.717, 1.165) is 39.1 Å². The van der Waals surface area contributed by atoms with Gasteiger partial charge in [-0.15, -0.1) is 0 Å². The SMILES string of the molecule is CCCNC(=O)N1CCN(c2c(C(C)C)cccc2C(C)C)CC1. The summed E-state index contributed by atoms with van der Waals surface area (Å²) >= 11 is 0. The first-order chi connectivity index (χ1) is 11.5. The van der Waals surface area contributed by atoms with Gasteiger partial charge in [-0.1, -0.05) is 52.8 Å². The summed E-state index contributed by atoms with van der Waals surface area (Å²) in [6.07, 6.45) is 0.977. The van der Waals surface area contributed by atoms with Crippen LogP contribution in [0.5, 0.6) is 0 Å². The van der Waals surface area contributed by atoms with Crippen LogP contribution in [0.3, 0.4) is 0 Å². The van der Waals surface area contributed by atoms with E-state index in [1.807, 2.05) is 4.90 Å². The summed E-state index contributed by atoms with van der Waals surface area (Å²) in [5.41, 5.74) is 4.24. The second-order valence-corrected chi connectivity index (χ2v) is 7.30. The molecule has 4 heteroatoms. The van der Waals surface area contributed by atoms with Gasteiger partial charge in [0.15, 0.2) is 0 Å². The molecular formula is C20H33N3O. The molecule has 1 aliphatic heterocycles. The summed E-state index contributed by atoms with van der Waals surface area (Å²) in [7, 11) is 0. The molecule has 0 saturated carbocycles. The van der Waals surface area contributed by atoms with Crippen LogP contribution in [0.4, 0.5) is 10.5 Å². The zero-order valence-corrected chi connectivity index (χ0v) is 15.9. The Balaban J connectivity index is 2.15. The molecule has 1 aromatic carbocycles. The van der Waals surface area contributed by atoms with Gasteiger partial charge in [0.25, 0.3) is 0 Å². The third-order valence-electron chi connectivity index (χ3n) is 4.75. The maximum atomic E-state index is 12.1. The van der Waals surface area contributed by atoms with E-state index in [1.165, 1.54) is 16.8 Å². The van der Waals surface area contributed by atoms with Crippen LogP contribution >= 0.6 is 0 Å². The molecule has 24 heavy (non-hydrogen) atoms. The number of rotatable bonds is 5. The summed E-state index contributed by atoms with van der Waals surface area (Å²) in [5.74, 6) is 1.01. The molecule has 0 radical (unpaired) electrons.